The Morgan fingerprint density at radius 2 is 2.00 bits per heavy atom. The van der Waals surface area contributed by atoms with Crippen LogP contribution in [0.1, 0.15) is 5.56 Å². The largest absolute Gasteiger partial charge is 0.376 e. The molecule has 0 spiro atoms. The van der Waals surface area contributed by atoms with Crippen molar-refractivity contribution in [3.05, 3.63) is 35.9 Å². The van der Waals surface area contributed by atoms with Crippen LogP contribution in [-0.4, -0.2) is 68.1 Å². The number of piperazine rings is 1. The molecule has 0 saturated carbocycles. The Hall–Kier alpha value is -1.92. The molecule has 1 aromatic carbocycles. The van der Waals surface area contributed by atoms with E-state index in [4.69, 9.17) is 4.74 Å². The maximum absolute atomic E-state index is 12.3. The first kappa shape index (κ1) is 15.0. The van der Waals surface area contributed by atoms with Gasteiger partial charge in [0.2, 0.25) is 11.8 Å². The lowest BCUT2D eigenvalue weighted by Gasteiger charge is -2.43. The quantitative estimate of drug-likeness (QED) is 0.837. The number of rotatable bonds is 4. The number of amides is 2. The minimum absolute atomic E-state index is 0.0591. The van der Waals surface area contributed by atoms with Gasteiger partial charge in [0.15, 0.2) is 0 Å². The molecule has 0 radical (unpaired) electrons. The van der Waals surface area contributed by atoms with Crippen LogP contribution in [0.5, 0.6) is 0 Å². The molecule has 2 aliphatic rings. The first-order valence-electron chi connectivity index (χ1n) is 7.50. The summed E-state index contributed by atoms with van der Waals surface area (Å²) in [6.07, 6.45) is 0. The van der Waals surface area contributed by atoms with Gasteiger partial charge in [0.05, 0.1) is 26.3 Å². The third-order valence-corrected chi connectivity index (χ3v) is 4.31. The molecule has 0 aliphatic carbocycles. The fourth-order valence-electron chi connectivity index (χ4n) is 2.83. The van der Waals surface area contributed by atoms with Crippen molar-refractivity contribution in [2.75, 3.05) is 46.4 Å². The number of benzene rings is 1. The van der Waals surface area contributed by atoms with Gasteiger partial charge in [0.1, 0.15) is 5.54 Å². The van der Waals surface area contributed by atoms with E-state index in [1.54, 1.807) is 11.9 Å². The average Bonchev–Trinajstić information content (AvgIpc) is 2.48. The fourth-order valence-corrected chi connectivity index (χ4v) is 2.83. The predicted molar refractivity (Wildman–Crippen MR) is 81.2 cm³/mol. The monoisotopic (exact) mass is 303 g/mol. The summed E-state index contributed by atoms with van der Waals surface area (Å²) in [7, 11) is 1.79. The van der Waals surface area contributed by atoms with Crippen molar-refractivity contribution in [3.63, 3.8) is 0 Å². The van der Waals surface area contributed by atoms with Gasteiger partial charge in [-0.2, -0.15) is 0 Å². The molecule has 0 aromatic heterocycles. The lowest BCUT2D eigenvalue weighted by atomic mass is 9.88. The maximum atomic E-state index is 12.3. The Balaban J connectivity index is 1.60. The molecule has 6 heteroatoms. The van der Waals surface area contributed by atoms with E-state index in [-0.39, 0.29) is 18.4 Å². The van der Waals surface area contributed by atoms with Crippen LogP contribution in [0.25, 0.3) is 0 Å². The van der Waals surface area contributed by atoms with Crippen molar-refractivity contribution in [2.24, 2.45) is 0 Å². The number of carbonyl (C=O) groups is 2. The number of carbonyl (C=O) groups excluding carboxylic acids is 2. The Morgan fingerprint density at radius 3 is 2.59 bits per heavy atom. The van der Waals surface area contributed by atoms with Gasteiger partial charge in [0, 0.05) is 20.1 Å². The second-order valence-corrected chi connectivity index (χ2v) is 6.02. The molecule has 1 aromatic rings. The Morgan fingerprint density at radius 1 is 1.27 bits per heavy atom. The zero-order chi connectivity index (χ0) is 15.6. The topological polar surface area (TPSA) is 61.9 Å². The summed E-state index contributed by atoms with van der Waals surface area (Å²) in [5, 5.41) is 3.09. The van der Waals surface area contributed by atoms with E-state index < -0.39 is 5.54 Å². The minimum Gasteiger partial charge on any atom is -0.376 e. The van der Waals surface area contributed by atoms with Crippen LogP contribution in [0, 0.1) is 0 Å². The molecule has 22 heavy (non-hydrogen) atoms. The summed E-state index contributed by atoms with van der Waals surface area (Å²) in [5.74, 6) is -0.00620. The minimum atomic E-state index is -0.422. The van der Waals surface area contributed by atoms with Gasteiger partial charge in [-0.05, 0) is 5.56 Å². The highest BCUT2D eigenvalue weighted by Crippen LogP contribution is 2.29. The molecule has 1 N–H and O–H groups in total. The molecule has 2 heterocycles. The molecule has 2 amide bonds. The van der Waals surface area contributed by atoms with Gasteiger partial charge in [0.25, 0.3) is 0 Å². The number of nitrogens with zero attached hydrogens (tertiary/aromatic N) is 2. The molecule has 0 bridgehead atoms. The van der Waals surface area contributed by atoms with E-state index in [2.05, 4.69) is 5.32 Å². The lowest BCUT2D eigenvalue weighted by Crippen LogP contribution is -2.61. The molecular weight excluding hydrogens is 282 g/mol. The van der Waals surface area contributed by atoms with E-state index in [1.807, 2.05) is 35.2 Å². The summed E-state index contributed by atoms with van der Waals surface area (Å²) in [5.41, 5.74) is 0.638. The highest BCUT2D eigenvalue weighted by molar-refractivity contribution is 5.82. The van der Waals surface area contributed by atoms with E-state index in [9.17, 15) is 9.59 Å². The molecule has 118 valence electrons. The fraction of sp³-hybridized carbons (Fsp3) is 0.500. The SMILES string of the molecule is CN1CCN(CC(=O)NC2(c3ccccc3)COC2)CC1=O. The van der Waals surface area contributed by atoms with Crippen LogP contribution in [-0.2, 0) is 19.9 Å². The Bertz CT molecular complexity index is 557. The molecule has 2 aliphatic heterocycles. The molecule has 2 fully saturated rings. The molecule has 0 unspecified atom stereocenters. The van der Waals surface area contributed by atoms with Gasteiger partial charge < -0.3 is 15.0 Å². The van der Waals surface area contributed by atoms with E-state index in [0.717, 1.165) is 12.1 Å². The third-order valence-electron chi connectivity index (χ3n) is 4.31. The van der Waals surface area contributed by atoms with Crippen molar-refractivity contribution < 1.29 is 14.3 Å². The van der Waals surface area contributed by atoms with E-state index in [1.165, 1.54) is 0 Å². The summed E-state index contributed by atoms with van der Waals surface area (Å²) < 4.78 is 5.33. The highest BCUT2D eigenvalue weighted by Gasteiger charge is 2.41. The van der Waals surface area contributed by atoms with Crippen LogP contribution in [0.2, 0.25) is 0 Å². The highest BCUT2D eigenvalue weighted by atomic mass is 16.5. The van der Waals surface area contributed by atoms with Crippen molar-refractivity contribution in [2.45, 2.75) is 5.54 Å². The normalized spacial score (nSPS) is 21.3. The molecule has 2 saturated heterocycles. The standard InChI is InChI=1S/C16H21N3O3/c1-18-7-8-19(10-15(18)21)9-14(20)17-16(11-22-12-16)13-5-3-2-4-6-13/h2-6H,7-12H2,1H3,(H,17,20). The lowest BCUT2D eigenvalue weighted by molar-refractivity contribution is -0.139. The van der Waals surface area contributed by atoms with Crippen LogP contribution >= 0.6 is 0 Å². The Kier molecular flexibility index (Phi) is 4.13. The second-order valence-electron chi connectivity index (χ2n) is 6.02. The van der Waals surface area contributed by atoms with Gasteiger partial charge >= 0.3 is 0 Å². The van der Waals surface area contributed by atoms with Gasteiger partial charge in [-0.1, -0.05) is 30.3 Å². The molecular formula is C16H21N3O3. The first-order chi connectivity index (χ1) is 10.6. The number of ether oxygens (including phenoxy) is 1. The van der Waals surface area contributed by atoms with Crippen LogP contribution in [0.15, 0.2) is 30.3 Å². The Labute approximate surface area is 130 Å². The van der Waals surface area contributed by atoms with Crippen LogP contribution in [0.4, 0.5) is 0 Å². The second kappa shape index (κ2) is 6.06. The van der Waals surface area contributed by atoms with Crippen molar-refractivity contribution in [1.82, 2.24) is 15.1 Å². The molecule has 3 rings (SSSR count). The van der Waals surface area contributed by atoms with Crippen LogP contribution < -0.4 is 5.32 Å². The van der Waals surface area contributed by atoms with Crippen molar-refractivity contribution >= 4 is 11.8 Å². The number of hydrogen-bond acceptors (Lipinski definition) is 4. The zero-order valence-corrected chi connectivity index (χ0v) is 12.7. The number of likely N-dealkylation sites (N-methyl/N-ethyl adjacent to an activating group) is 1. The van der Waals surface area contributed by atoms with Gasteiger partial charge in [-0.15, -0.1) is 0 Å². The maximum Gasteiger partial charge on any atom is 0.236 e. The van der Waals surface area contributed by atoms with E-state index >= 15 is 0 Å². The first-order valence-corrected chi connectivity index (χ1v) is 7.50. The van der Waals surface area contributed by atoms with Crippen molar-refractivity contribution in [3.8, 4) is 0 Å². The number of nitrogens with one attached hydrogen (secondary N) is 1. The summed E-state index contributed by atoms with van der Waals surface area (Å²) in [6.45, 7) is 2.92. The van der Waals surface area contributed by atoms with E-state index in [0.29, 0.717) is 26.3 Å². The molecule has 0 atom stereocenters. The van der Waals surface area contributed by atoms with Crippen LogP contribution in [0.3, 0.4) is 0 Å². The molecule has 6 nitrogen and oxygen atoms in total. The average molecular weight is 303 g/mol. The number of hydrogen-bond donors (Lipinski definition) is 1. The van der Waals surface area contributed by atoms with Crippen molar-refractivity contribution in [1.29, 1.82) is 0 Å². The van der Waals surface area contributed by atoms with Gasteiger partial charge in [-0.3, -0.25) is 14.5 Å². The predicted octanol–water partition coefficient (Wildman–Crippen LogP) is -0.198. The smallest absolute Gasteiger partial charge is 0.236 e. The third kappa shape index (κ3) is 2.98. The summed E-state index contributed by atoms with van der Waals surface area (Å²) in [6, 6.07) is 9.88. The zero-order valence-electron chi connectivity index (χ0n) is 12.7. The summed E-state index contributed by atoms with van der Waals surface area (Å²) in [4.78, 5) is 27.6. The van der Waals surface area contributed by atoms with Gasteiger partial charge in [-0.25, -0.2) is 0 Å². The summed E-state index contributed by atoms with van der Waals surface area (Å²) >= 11 is 0.